The van der Waals surface area contributed by atoms with Crippen molar-refractivity contribution in [3.05, 3.63) is 30.2 Å². The van der Waals surface area contributed by atoms with E-state index in [9.17, 15) is 5.11 Å². The summed E-state index contributed by atoms with van der Waals surface area (Å²) in [6.07, 6.45) is 2.84. The van der Waals surface area contributed by atoms with Crippen LogP contribution in [-0.2, 0) is 7.05 Å². The Balaban J connectivity index is 2.22. The second-order valence-electron chi connectivity index (χ2n) is 3.43. The van der Waals surface area contributed by atoms with Crippen LogP contribution in [0.4, 0.5) is 0 Å². The Morgan fingerprint density at radius 1 is 1.50 bits per heavy atom. The van der Waals surface area contributed by atoms with Crippen LogP contribution in [0, 0.1) is 0 Å². The van der Waals surface area contributed by atoms with E-state index in [2.05, 4.69) is 15.2 Å². The van der Waals surface area contributed by atoms with Crippen LogP contribution in [0.3, 0.4) is 0 Å². The Labute approximate surface area is 97.5 Å². The van der Waals surface area contributed by atoms with Gasteiger partial charge in [-0.1, -0.05) is 0 Å². The molecular formula is C10H12N4OS. The molecule has 0 aliphatic heterocycles. The molecule has 2 heterocycles. The first-order valence-electron chi connectivity index (χ1n) is 4.82. The smallest absolute Gasteiger partial charge is 0.197 e. The number of nitrogens with zero attached hydrogens (tertiary/aromatic N) is 4. The number of aryl methyl sites for hydroxylation is 1. The van der Waals surface area contributed by atoms with E-state index in [1.54, 1.807) is 25.5 Å². The van der Waals surface area contributed by atoms with E-state index in [-0.39, 0.29) is 0 Å². The van der Waals surface area contributed by atoms with Crippen LogP contribution in [0.2, 0.25) is 0 Å². The van der Waals surface area contributed by atoms with Crippen molar-refractivity contribution in [3.63, 3.8) is 0 Å². The molecule has 1 unspecified atom stereocenters. The fourth-order valence-corrected chi connectivity index (χ4v) is 1.97. The van der Waals surface area contributed by atoms with Gasteiger partial charge in [-0.25, -0.2) is 4.98 Å². The van der Waals surface area contributed by atoms with Crippen molar-refractivity contribution >= 4 is 11.8 Å². The van der Waals surface area contributed by atoms with Crippen LogP contribution in [0.15, 0.2) is 34.8 Å². The Hall–Kier alpha value is -1.40. The SMILES string of the molecule is CC(O)c1ccnc(Sc2nncn2C)c1. The van der Waals surface area contributed by atoms with Gasteiger partial charge < -0.3 is 9.67 Å². The van der Waals surface area contributed by atoms with Gasteiger partial charge in [0.15, 0.2) is 5.16 Å². The lowest BCUT2D eigenvalue weighted by molar-refractivity contribution is 0.199. The van der Waals surface area contributed by atoms with Crippen LogP contribution in [0.5, 0.6) is 0 Å². The summed E-state index contributed by atoms with van der Waals surface area (Å²) in [4.78, 5) is 4.21. The molecule has 0 aliphatic rings. The largest absolute Gasteiger partial charge is 0.389 e. The molecule has 2 aromatic heterocycles. The first-order valence-corrected chi connectivity index (χ1v) is 5.64. The Bertz CT molecular complexity index is 483. The lowest BCUT2D eigenvalue weighted by atomic mass is 10.2. The van der Waals surface area contributed by atoms with Gasteiger partial charge in [0.05, 0.1) is 6.10 Å². The lowest BCUT2D eigenvalue weighted by Gasteiger charge is -2.05. The minimum Gasteiger partial charge on any atom is -0.389 e. The summed E-state index contributed by atoms with van der Waals surface area (Å²) < 4.78 is 1.82. The van der Waals surface area contributed by atoms with Gasteiger partial charge in [0.2, 0.25) is 0 Å². The molecule has 5 nitrogen and oxygen atoms in total. The van der Waals surface area contributed by atoms with Gasteiger partial charge in [-0.3, -0.25) is 0 Å². The van der Waals surface area contributed by atoms with Crippen molar-refractivity contribution < 1.29 is 5.11 Å². The Morgan fingerprint density at radius 3 is 2.94 bits per heavy atom. The number of aromatic nitrogens is 4. The normalized spacial score (nSPS) is 12.7. The maximum Gasteiger partial charge on any atom is 0.197 e. The minimum atomic E-state index is -0.484. The first-order chi connectivity index (χ1) is 7.66. The molecule has 0 radical (unpaired) electrons. The standard InChI is InChI=1S/C10H12N4OS/c1-7(15)8-3-4-11-9(5-8)16-10-13-12-6-14(10)2/h3-7,15H,1-2H3. The van der Waals surface area contributed by atoms with Crippen LogP contribution < -0.4 is 0 Å². The van der Waals surface area contributed by atoms with Gasteiger partial charge in [-0.05, 0) is 36.4 Å². The van der Waals surface area contributed by atoms with Crippen LogP contribution in [0.25, 0.3) is 0 Å². The van der Waals surface area contributed by atoms with E-state index in [0.29, 0.717) is 0 Å². The molecule has 16 heavy (non-hydrogen) atoms. The predicted octanol–water partition coefficient (Wildman–Crippen LogP) is 1.41. The van der Waals surface area contributed by atoms with Crippen molar-refractivity contribution in [1.29, 1.82) is 0 Å². The highest BCUT2D eigenvalue weighted by molar-refractivity contribution is 7.99. The third-order valence-corrected chi connectivity index (χ3v) is 3.09. The van der Waals surface area contributed by atoms with Crippen LogP contribution >= 0.6 is 11.8 Å². The van der Waals surface area contributed by atoms with Gasteiger partial charge in [0.1, 0.15) is 11.4 Å². The molecule has 0 amide bonds. The maximum absolute atomic E-state index is 9.46. The van der Waals surface area contributed by atoms with Gasteiger partial charge in [-0.15, -0.1) is 10.2 Å². The zero-order valence-corrected chi connectivity index (χ0v) is 9.85. The Kier molecular flexibility index (Phi) is 3.21. The molecule has 0 aliphatic carbocycles. The van der Waals surface area contributed by atoms with E-state index in [0.717, 1.165) is 15.7 Å². The first kappa shape index (κ1) is 11.1. The maximum atomic E-state index is 9.46. The van der Waals surface area contributed by atoms with Crippen LogP contribution in [0.1, 0.15) is 18.6 Å². The monoisotopic (exact) mass is 236 g/mol. The van der Waals surface area contributed by atoms with E-state index in [1.165, 1.54) is 11.8 Å². The highest BCUT2D eigenvalue weighted by Gasteiger charge is 2.07. The highest BCUT2D eigenvalue weighted by Crippen LogP contribution is 2.25. The quantitative estimate of drug-likeness (QED) is 0.873. The second-order valence-corrected chi connectivity index (χ2v) is 4.42. The summed E-state index contributed by atoms with van der Waals surface area (Å²) in [5.74, 6) is 0. The predicted molar refractivity (Wildman–Crippen MR) is 60.0 cm³/mol. The number of aliphatic hydroxyl groups excluding tert-OH is 1. The zero-order valence-electron chi connectivity index (χ0n) is 9.03. The Morgan fingerprint density at radius 2 is 2.31 bits per heavy atom. The van der Waals surface area contributed by atoms with Gasteiger partial charge in [0, 0.05) is 13.2 Å². The topological polar surface area (TPSA) is 63.8 Å². The molecular weight excluding hydrogens is 224 g/mol. The molecule has 2 rings (SSSR count). The third-order valence-electron chi connectivity index (χ3n) is 2.11. The fraction of sp³-hybridized carbons (Fsp3) is 0.300. The summed E-state index contributed by atoms with van der Waals surface area (Å²) in [5, 5.41) is 18.8. The molecule has 0 fully saturated rings. The molecule has 0 bridgehead atoms. The van der Waals surface area contributed by atoms with Crippen molar-refractivity contribution in [3.8, 4) is 0 Å². The van der Waals surface area contributed by atoms with E-state index < -0.39 is 6.10 Å². The molecule has 84 valence electrons. The minimum absolute atomic E-state index is 0.484. The summed E-state index contributed by atoms with van der Waals surface area (Å²) >= 11 is 1.42. The van der Waals surface area contributed by atoms with Crippen molar-refractivity contribution in [2.75, 3.05) is 0 Å². The van der Waals surface area contributed by atoms with Crippen molar-refractivity contribution in [1.82, 2.24) is 19.7 Å². The fourth-order valence-electron chi connectivity index (χ4n) is 1.20. The zero-order chi connectivity index (χ0) is 11.5. The third kappa shape index (κ3) is 2.40. The highest BCUT2D eigenvalue weighted by atomic mass is 32.2. The molecule has 0 spiro atoms. The second kappa shape index (κ2) is 4.63. The van der Waals surface area contributed by atoms with Crippen molar-refractivity contribution in [2.24, 2.45) is 7.05 Å². The lowest BCUT2D eigenvalue weighted by Crippen LogP contribution is -1.94. The summed E-state index contributed by atoms with van der Waals surface area (Å²) in [7, 11) is 1.88. The molecule has 0 saturated carbocycles. The molecule has 0 aromatic carbocycles. The van der Waals surface area contributed by atoms with E-state index in [1.807, 2.05) is 17.7 Å². The number of hydrogen-bond acceptors (Lipinski definition) is 5. The average molecular weight is 236 g/mol. The van der Waals surface area contributed by atoms with Gasteiger partial charge in [0.25, 0.3) is 0 Å². The number of pyridine rings is 1. The van der Waals surface area contributed by atoms with E-state index >= 15 is 0 Å². The van der Waals surface area contributed by atoms with Gasteiger partial charge >= 0.3 is 0 Å². The summed E-state index contributed by atoms with van der Waals surface area (Å²) in [5.41, 5.74) is 0.847. The number of aliphatic hydroxyl groups is 1. The molecule has 6 heteroatoms. The summed E-state index contributed by atoms with van der Waals surface area (Å²) in [6, 6.07) is 3.65. The number of rotatable bonds is 3. The van der Waals surface area contributed by atoms with E-state index in [4.69, 9.17) is 0 Å². The molecule has 2 aromatic rings. The molecule has 1 N–H and O–H groups in total. The van der Waals surface area contributed by atoms with Gasteiger partial charge in [-0.2, -0.15) is 0 Å². The van der Waals surface area contributed by atoms with Crippen molar-refractivity contribution in [2.45, 2.75) is 23.2 Å². The molecule has 1 atom stereocenters. The van der Waals surface area contributed by atoms with Crippen LogP contribution in [-0.4, -0.2) is 24.9 Å². The summed E-state index contributed by atoms with van der Waals surface area (Å²) in [6.45, 7) is 1.73. The molecule has 0 saturated heterocycles. The average Bonchev–Trinajstić information content (AvgIpc) is 2.65. The number of hydrogen-bond donors (Lipinski definition) is 1.